The van der Waals surface area contributed by atoms with Crippen molar-refractivity contribution in [2.75, 3.05) is 20.0 Å². The molecule has 1 N–H and O–H groups in total. The van der Waals surface area contributed by atoms with Crippen molar-refractivity contribution in [3.8, 4) is 11.5 Å². The summed E-state index contributed by atoms with van der Waals surface area (Å²) < 4.78 is 17.2. The van der Waals surface area contributed by atoms with Gasteiger partial charge in [-0.05, 0) is 36.5 Å². The minimum atomic E-state index is -0.170. The summed E-state index contributed by atoms with van der Waals surface area (Å²) in [5, 5.41) is 10.1. The lowest BCUT2D eigenvalue weighted by Crippen LogP contribution is -2.53. The Bertz CT molecular complexity index is 653. The van der Waals surface area contributed by atoms with Gasteiger partial charge in [0.2, 0.25) is 6.79 Å². The molecule has 124 valence electrons. The summed E-state index contributed by atoms with van der Waals surface area (Å²) in [6.07, 6.45) is 2.33. The number of aliphatic hydroxyl groups excluding tert-OH is 1. The van der Waals surface area contributed by atoms with Gasteiger partial charge in [0.1, 0.15) is 0 Å². The monoisotopic (exact) mass is 316 g/mol. The second-order valence-electron chi connectivity index (χ2n) is 7.25. The number of aliphatic hydroxyl groups is 1. The fraction of sp³-hybridized carbons (Fsp3) is 0.579. The molecule has 0 unspecified atom stereocenters. The predicted octanol–water partition coefficient (Wildman–Crippen LogP) is 3.31. The van der Waals surface area contributed by atoms with Gasteiger partial charge in [-0.15, -0.1) is 0 Å². The van der Waals surface area contributed by atoms with Crippen LogP contribution >= 0.6 is 0 Å². The SMILES string of the molecule is CC1=C[C@H](C)[C@@]2(CO)CO[C@@H](c3ccc4c(c3)OCO4)[C@H]1[C@@H]2C. The smallest absolute Gasteiger partial charge is 0.231 e. The molecule has 0 spiro atoms. The van der Waals surface area contributed by atoms with E-state index >= 15 is 0 Å². The number of ether oxygens (including phenoxy) is 3. The van der Waals surface area contributed by atoms with Crippen molar-refractivity contribution >= 4 is 0 Å². The first-order valence-electron chi connectivity index (χ1n) is 8.37. The van der Waals surface area contributed by atoms with Crippen LogP contribution in [0.3, 0.4) is 0 Å². The summed E-state index contributed by atoms with van der Waals surface area (Å²) in [4.78, 5) is 0. The molecule has 5 atom stereocenters. The molecule has 1 fully saturated rings. The van der Waals surface area contributed by atoms with Crippen molar-refractivity contribution in [2.45, 2.75) is 26.9 Å². The number of hydrogen-bond acceptors (Lipinski definition) is 4. The molecule has 0 radical (unpaired) electrons. The highest BCUT2D eigenvalue weighted by atomic mass is 16.7. The fourth-order valence-corrected chi connectivity index (χ4v) is 4.68. The van der Waals surface area contributed by atoms with Gasteiger partial charge in [-0.3, -0.25) is 0 Å². The molecule has 2 heterocycles. The van der Waals surface area contributed by atoms with Crippen molar-refractivity contribution < 1.29 is 19.3 Å². The molecule has 0 saturated carbocycles. The van der Waals surface area contributed by atoms with Crippen molar-refractivity contribution in [2.24, 2.45) is 23.2 Å². The average Bonchev–Trinajstić information content (AvgIpc) is 3.00. The molecule has 2 bridgehead atoms. The molecular formula is C19H24O4. The second kappa shape index (κ2) is 5.25. The summed E-state index contributed by atoms with van der Waals surface area (Å²) in [6.45, 7) is 7.68. The Hall–Kier alpha value is -1.52. The van der Waals surface area contributed by atoms with Crippen molar-refractivity contribution in [3.05, 3.63) is 35.4 Å². The van der Waals surface area contributed by atoms with Crippen LogP contribution in [0.5, 0.6) is 11.5 Å². The minimum Gasteiger partial charge on any atom is -0.454 e. The lowest BCUT2D eigenvalue weighted by molar-refractivity contribution is -0.165. The first-order chi connectivity index (χ1) is 11.1. The van der Waals surface area contributed by atoms with Gasteiger partial charge in [-0.25, -0.2) is 0 Å². The summed E-state index contributed by atoms with van der Waals surface area (Å²) in [5.41, 5.74) is 2.31. The lowest BCUT2D eigenvalue weighted by atomic mass is 9.56. The van der Waals surface area contributed by atoms with Crippen LogP contribution in [0.25, 0.3) is 0 Å². The Balaban J connectivity index is 1.73. The van der Waals surface area contributed by atoms with Gasteiger partial charge in [-0.1, -0.05) is 31.6 Å². The molecule has 4 rings (SSSR count). The van der Waals surface area contributed by atoms with Crippen LogP contribution in [-0.2, 0) is 4.74 Å². The topological polar surface area (TPSA) is 47.9 Å². The van der Waals surface area contributed by atoms with Gasteiger partial charge < -0.3 is 19.3 Å². The zero-order chi connectivity index (χ0) is 16.2. The minimum absolute atomic E-state index is 0.00271. The Morgan fingerprint density at radius 3 is 2.78 bits per heavy atom. The van der Waals surface area contributed by atoms with E-state index in [1.165, 1.54) is 5.57 Å². The number of benzene rings is 1. The summed E-state index contributed by atoms with van der Waals surface area (Å²) in [5.74, 6) is 2.58. The fourth-order valence-electron chi connectivity index (χ4n) is 4.68. The summed E-state index contributed by atoms with van der Waals surface area (Å²) in [7, 11) is 0. The molecular weight excluding hydrogens is 292 g/mol. The van der Waals surface area contributed by atoms with Crippen molar-refractivity contribution in [1.29, 1.82) is 0 Å². The molecule has 4 heteroatoms. The van der Waals surface area contributed by atoms with Crippen molar-refractivity contribution in [1.82, 2.24) is 0 Å². The van der Waals surface area contributed by atoms with E-state index in [0.29, 0.717) is 18.4 Å². The molecule has 2 aliphatic heterocycles. The first-order valence-corrected chi connectivity index (χ1v) is 8.37. The van der Waals surface area contributed by atoms with Crippen LogP contribution in [0.15, 0.2) is 29.8 Å². The number of rotatable bonds is 2. The van der Waals surface area contributed by atoms with Crippen LogP contribution in [0, 0.1) is 23.2 Å². The highest BCUT2D eigenvalue weighted by molar-refractivity contribution is 5.45. The third-order valence-corrected chi connectivity index (χ3v) is 6.27. The van der Waals surface area contributed by atoms with Gasteiger partial charge >= 0.3 is 0 Å². The summed E-state index contributed by atoms with van der Waals surface area (Å²) >= 11 is 0. The van der Waals surface area contributed by atoms with Gasteiger partial charge in [0, 0.05) is 11.3 Å². The maximum absolute atomic E-state index is 10.1. The Morgan fingerprint density at radius 1 is 1.22 bits per heavy atom. The van der Waals surface area contributed by atoms with E-state index in [4.69, 9.17) is 14.2 Å². The van der Waals surface area contributed by atoms with Gasteiger partial charge in [0.15, 0.2) is 11.5 Å². The molecule has 1 aromatic carbocycles. The Morgan fingerprint density at radius 2 is 2.00 bits per heavy atom. The third-order valence-electron chi connectivity index (χ3n) is 6.27. The van der Waals surface area contributed by atoms with E-state index < -0.39 is 0 Å². The van der Waals surface area contributed by atoms with Gasteiger partial charge in [-0.2, -0.15) is 0 Å². The zero-order valence-electron chi connectivity index (χ0n) is 13.9. The molecule has 4 nitrogen and oxygen atoms in total. The van der Waals surface area contributed by atoms with E-state index in [9.17, 15) is 5.11 Å². The van der Waals surface area contributed by atoms with Crippen LogP contribution in [0.1, 0.15) is 32.4 Å². The molecule has 1 aromatic rings. The van der Waals surface area contributed by atoms with Gasteiger partial charge in [0.05, 0.1) is 19.3 Å². The maximum Gasteiger partial charge on any atom is 0.231 e. The van der Waals surface area contributed by atoms with Crippen LogP contribution in [0.2, 0.25) is 0 Å². The standard InChI is InChI=1S/C19H24O4/c1-11-6-12(2)19(8-20)9-21-18(17(11)13(19)3)14-4-5-15-16(7-14)23-10-22-15/h4-7,12-13,17-18,20H,8-10H2,1-3H3/t12-,13-,17+,18-,19+/m0/s1. The van der Waals surface area contributed by atoms with Crippen LogP contribution < -0.4 is 9.47 Å². The maximum atomic E-state index is 10.1. The van der Waals surface area contributed by atoms with E-state index in [1.807, 2.05) is 12.1 Å². The Labute approximate surface area is 137 Å². The normalized spacial score (nSPS) is 38.3. The molecule has 1 saturated heterocycles. The molecule has 0 aromatic heterocycles. The molecule has 23 heavy (non-hydrogen) atoms. The Kier molecular flexibility index (Phi) is 3.43. The predicted molar refractivity (Wildman–Crippen MR) is 86.4 cm³/mol. The molecule has 0 amide bonds. The van der Waals surface area contributed by atoms with E-state index in [-0.39, 0.29) is 30.8 Å². The van der Waals surface area contributed by atoms with E-state index in [0.717, 1.165) is 17.1 Å². The van der Waals surface area contributed by atoms with E-state index in [1.54, 1.807) is 0 Å². The number of hydrogen-bond donors (Lipinski definition) is 1. The lowest BCUT2D eigenvalue weighted by Gasteiger charge is -2.55. The van der Waals surface area contributed by atoms with Gasteiger partial charge in [0.25, 0.3) is 0 Å². The highest BCUT2D eigenvalue weighted by Crippen LogP contribution is 2.56. The second-order valence-corrected chi connectivity index (χ2v) is 7.25. The quantitative estimate of drug-likeness (QED) is 0.850. The van der Waals surface area contributed by atoms with Crippen LogP contribution in [-0.4, -0.2) is 25.1 Å². The number of allylic oxidation sites excluding steroid dienone is 1. The first kappa shape index (κ1) is 15.0. The zero-order valence-corrected chi connectivity index (χ0v) is 13.9. The molecule has 1 aliphatic carbocycles. The van der Waals surface area contributed by atoms with E-state index in [2.05, 4.69) is 32.9 Å². The average molecular weight is 316 g/mol. The largest absolute Gasteiger partial charge is 0.454 e. The third kappa shape index (κ3) is 2.05. The van der Waals surface area contributed by atoms with Crippen molar-refractivity contribution in [3.63, 3.8) is 0 Å². The number of fused-ring (bicyclic) bond motifs is 3. The molecule has 3 aliphatic rings. The highest BCUT2D eigenvalue weighted by Gasteiger charge is 2.53. The summed E-state index contributed by atoms with van der Waals surface area (Å²) in [6, 6.07) is 6.07. The van der Waals surface area contributed by atoms with Crippen LogP contribution in [0.4, 0.5) is 0 Å².